The van der Waals surface area contributed by atoms with E-state index in [0.717, 1.165) is 0 Å². The van der Waals surface area contributed by atoms with Crippen LogP contribution in [0.2, 0.25) is 0 Å². The van der Waals surface area contributed by atoms with Crippen LogP contribution < -0.4 is 4.74 Å². The van der Waals surface area contributed by atoms with E-state index in [-0.39, 0.29) is 0 Å². The quantitative estimate of drug-likeness (QED) is 0.814. The van der Waals surface area contributed by atoms with Crippen LogP contribution in [-0.2, 0) is 17.9 Å². The van der Waals surface area contributed by atoms with Gasteiger partial charge >= 0.3 is 12.3 Å². The number of hydrogen-bond acceptors (Lipinski definition) is 4. The van der Waals surface area contributed by atoms with Gasteiger partial charge in [0.25, 0.3) is 0 Å². The first-order chi connectivity index (χ1) is 8.24. The molecule has 0 radical (unpaired) electrons. The Morgan fingerprint density at radius 3 is 2.50 bits per heavy atom. The molecule has 0 aliphatic carbocycles. The first kappa shape index (κ1) is 14.0. The molecular formula is C9H7F4NO4. The summed E-state index contributed by atoms with van der Waals surface area (Å²) < 4.78 is 52.2. The van der Waals surface area contributed by atoms with Crippen LogP contribution in [0.4, 0.5) is 17.6 Å². The average molecular weight is 269 g/mol. The SMILES string of the molecule is O=C(O)Cc1c(CF)ncc(O)c1OC(F)(F)F. The molecule has 0 bridgehead atoms. The van der Waals surface area contributed by atoms with Crippen molar-refractivity contribution in [2.45, 2.75) is 19.5 Å². The van der Waals surface area contributed by atoms with Crippen molar-refractivity contribution in [2.75, 3.05) is 0 Å². The van der Waals surface area contributed by atoms with Crippen LogP contribution in [-0.4, -0.2) is 27.5 Å². The van der Waals surface area contributed by atoms with Crippen LogP contribution in [0.25, 0.3) is 0 Å². The van der Waals surface area contributed by atoms with E-state index < -0.39 is 48.2 Å². The summed E-state index contributed by atoms with van der Waals surface area (Å²) >= 11 is 0. The minimum atomic E-state index is -5.14. The first-order valence-corrected chi connectivity index (χ1v) is 4.47. The summed E-state index contributed by atoms with van der Waals surface area (Å²) in [6.45, 7) is -1.28. The third-order valence-electron chi connectivity index (χ3n) is 1.87. The van der Waals surface area contributed by atoms with Gasteiger partial charge in [-0.1, -0.05) is 0 Å². The lowest BCUT2D eigenvalue weighted by Crippen LogP contribution is -2.20. The summed E-state index contributed by atoms with van der Waals surface area (Å²) in [5, 5.41) is 17.7. The van der Waals surface area contributed by atoms with Crippen molar-refractivity contribution in [1.29, 1.82) is 0 Å². The zero-order chi connectivity index (χ0) is 13.9. The molecule has 0 fully saturated rings. The smallest absolute Gasteiger partial charge is 0.503 e. The Labute approximate surface area is 97.6 Å². The normalized spacial score (nSPS) is 11.3. The van der Waals surface area contributed by atoms with Crippen LogP contribution >= 0.6 is 0 Å². The third-order valence-corrected chi connectivity index (χ3v) is 1.87. The molecule has 0 aliphatic heterocycles. The molecule has 0 unspecified atom stereocenters. The number of alkyl halides is 4. The van der Waals surface area contributed by atoms with Gasteiger partial charge in [0.1, 0.15) is 6.67 Å². The third kappa shape index (κ3) is 3.47. The van der Waals surface area contributed by atoms with Gasteiger partial charge in [-0.25, -0.2) is 4.39 Å². The number of carboxylic acids is 1. The molecule has 1 rings (SSSR count). The minimum absolute atomic E-state index is 0.533. The van der Waals surface area contributed by atoms with E-state index in [0.29, 0.717) is 6.20 Å². The van der Waals surface area contributed by atoms with E-state index in [9.17, 15) is 27.5 Å². The monoisotopic (exact) mass is 269 g/mol. The van der Waals surface area contributed by atoms with Crippen molar-refractivity contribution >= 4 is 5.97 Å². The van der Waals surface area contributed by atoms with Crippen molar-refractivity contribution in [3.05, 3.63) is 17.5 Å². The molecule has 18 heavy (non-hydrogen) atoms. The Morgan fingerprint density at radius 1 is 1.44 bits per heavy atom. The maximum absolute atomic E-state index is 12.5. The summed E-state index contributed by atoms with van der Waals surface area (Å²) in [6, 6.07) is 0. The summed E-state index contributed by atoms with van der Waals surface area (Å²) in [6.07, 6.45) is -5.53. The van der Waals surface area contributed by atoms with E-state index in [1.807, 2.05) is 0 Å². The zero-order valence-corrected chi connectivity index (χ0v) is 8.66. The van der Waals surface area contributed by atoms with Crippen LogP contribution in [0.1, 0.15) is 11.3 Å². The van der Waals surface area contributed by atoms with Crippen molar-refractivity contribution < 1.29 is 37.3 Å². The Bertz CT molecular complexity index is 461. The van der Waals surface area contributed by atoms with Gasteiger partial charge in [-0.15, -0.1) is 13.2 Å². The summed E-state index contributed by atoms with van der Waals surface area (Å²) in [7, 11) is 0. The standard InChI is InChI=1S/C9H7F4NO4/c10-2-5-4(1-7(16)17)8(6(15)3-14-5)18-9(11,12)13/h3,15H,1-2H2,(H,16,17). The Morgan fingerprint density at radius 2 is 2.06 bits per heavy atom. The highest BCUT2D eigenvalue weighted by molar-refractivity contribution is 5.72. The molecule has 5 nitrogen and oxygen atoms in total. The van der Waals surface area contributed by atoms with Gasteiger partial charge in [0.2, 0.25) is 0 Å². The fourth-order valence-corrected chi connectivity index (χ4v) is 1.24. The molecule has 0 saturated heterocycles. The molecule has 100 valence electrons. The van der Waals surface area contributed by atoms with Crippen LogP contribution in [0, 0.1) is 0 Å². The molecule has 1 heterocycles. The number of halogens is 4. The number of ether oxygens (including phenoxy) is 1. The second kappa shape index (κ2) is 5.07. The fourth-order valence-electron chi connectivity index (χ4n) is 1.24. The first-order valence-electron chi connectivity index (χ1n) is 4.47. The number of aromatic nitrogens is 1. The molecule has 0 amide bonds. The predicted molar refractivity (Wildman–Crippen MR) is 48.7 cm³/mol. The van der Waals surface area contributed by atoms with Gasteiger partial charge in [-0.3, -0.25) is 9.78 Å². The molecule has 0 atom stereocenters. The molecule has 2 N–H and O–H groups in total. The average Bonchev–Trinajstić information content (AvgIpc) is 2.21. The van der Waals surface area contributed by atoms with Crippen LogP contribution in [0.5, 0.6) is 11.5 Å². The highest BCUT2D eigenvalue weighted by Crippen LogP contribution is 2.36. The highest BCUT2D eigenvalue weighted by Gasteiger charge is 2.34. The number of aromatic hydroxyl groups is 1. The molecule has 0 aromatic carbocycles. The highest BCUT2D eigenvalue weighted by atomic mass is 19.4. The number of carboxylic acid groups (broad SMARTS) is 1. The Kier molecular flexibility index (Phi) is 3.94. The van der Waals surface area contributed by atoms with Crippen molar-refractivity contribution in [2.24, 2.45) is 0 Å². The molecule has 0 saturated carbocycles. The zero-order valence-electron chi connectivity index (χ0n) is 8.66. The molecule has 0 spiro atoms. The van der Waals surface area contributed by atoms with Gasteiger partial charge < -0.3 is 14.9 Å². The van der Waals surface area contributed by atoms with Gasteiger partial charge in [0.05, 0.1) is 18.3 Å². The van der Waals surface area contributed by atoms with Crippen molar-refractivity contribution in [3.8, 4) is 11.5 Å². The van der Waals surface area contributed by atoms with E-state index >= 15 is 0 Å². The van der Waals surface area contributed by atoms with Crippen LogP contribution in [0.15, 0.2) is 6.20 Å². The van der Waals surface area contributed by atoms with Crippen molar-refractivity contribution in [3.63, 3.8) is 0 Å². The number of rotatable bonds is 4. The van der Waals surface area contributed by atoms with E-state index in [2.05, 4.69) is 9.72 Å². The fraction of sp³-hybridized carbons (Fsp3) is 0.333. The summed E-state index contributed by atoms with van der Waals surface area (Å²) in [4.78, 5) is 13.8. The van der Waals surface area contributed by atoms with Gasteiger partial charge in [0, 0.05) is 5.56 Å². The summed E-state index contributed by atoms with van der Waals surface area (Å²) in [5.74, 6) is -3.67. The number of aliphatic carboxylic acids is 1. The second-order valence-corrected chi connectivity index (χ2v) is 3.15. The van der Waals surface area contributed by atoms with Crippen molar-refractivity contribution in [1.82, 2.24) is 4.98 Å². The Balaban J connectivity index is 3.31. The second-order valence-electron chi connectivity index (χ2n) is 3.15. The minimum Gasteiger partial charge on any atom is -0.503 e. The molecule has 9 heteroatoms. The van der Waals surface area contributed by atoms with Gasteiger partial charge in [-0.05, 0) is 0 Å². The molecular weight excluding hydrogens is 262 g/mol. The molecule has 0 aliphatic rings. The van der Waals surface area contributed by atoms with Crippen LogP contribution in [0.3, 0.4) is 0 Å². The largest absolute Gasteiger partial charge is 0.573 e. The van der Waals surface area contributed by atoms with Gasteiger partial charge in [0.15, 0.2) is 11.5 Å². The lowest BCUT2D eigenvalue weighted by atomic mass is 10.1. The number of carbonyl (C=O) groups is 1. The molecule has 1 aromatic heterocycles. The molecule has 1 aromatic rings. The van der Waals surface area contributed by atoms with E-state index in [1.165, 1.54) is 0 Å². The number of nitrogens with zero attached hydrogens (tertiary/aromatic N) is 1. The maximum atomic E-state index is 12.5. The topological polar surface area (TPSA) is 79.7 Å². The Hall–Kier alpha value is -2.06. The number of hydrogen-bond donors (Lipinski definition) is 2. The lowest BCUT2D eigenvalue weighted by molar-refractivity contribution is -0.275. The van der Waals surface area contributed by atoms with E-state index in [1.54, 1.807) is 0 Å². The number of pyridine rings is 1. The maximum Gasteiger partial charge on any atom is 0.573 e. The predicted octanol–water partition coefficient (Wildman–Crippen LogP) is 1.78. The van der Waals surface area contributed by atoms with Gasteiger partial charge in [-0.2, -0.15) is 0 Å². The summed E-state index contributed by atoms with van der Waals surface area (Å²) in [5.41, 5.74) is -1.18. The lowest BCUT2D eigenvalue weighted by Gasteiger charge is -2.15. The van der Waals surface area contributed by atoms with E-state index in [4.69, 9.17) is 5.11 Å².